The van der Waals surface area contributed by atoms with Crippen molar-refractivity contribution in [2.24, 2.45) is 5.73 Å². The van der Waals surface area contributed by atoms with Crippen LogP contribution in [0.15, 0.2) is 51.1 Å². The summed E-state index contributed by atoms with van der Waals surface area (Å²) in [7, 11) is 0. The van der Waals surface area contributed by atoms with E-state index >= 15 is 0 Å². The molecule has 17 heavy (non-hydrogen) atoms. The lowest BCUT2D eigenvalue weighted by Crippen LogP contribution is -2.14. The molecule has 0 bridgehead atoms. The fourth-order valence-corrected chi connectivity index (χ4v) is 2.32. The summed E-state index contributed by atoms with van der Waals surface area (Å²) in [6, 6.07) is 7.50. The standard InChI is InChI=1S/C11H9BrN4S/c12-7-3-4-9(16-6-7)17-8-2-1-5-15-10(8)11(13)14/h1-6H,(H3,13,14). The van der Waals surface area contributed by atoms with E-state index in [-0.39, 0.29) is 5.84 Å². The molecule has 2 rings (SSSR count). The maximum Gasteiger partial charge on any atom is 0.142 e. The largest absolute Gasteiger partial charge is 0.382 e. The van der Waals surface area contributed by atoms with Gasteiger partial charge in [0, 0.05) is 21.8 Å². The molecular weight excluding hydrogens is 300 g/mol. The molecule has 2 aromatic heterocycles. The molecule has 0 amide bonds. The lowest BCUT2D eigenvalue weighted by atomic mass is 10.3. The number of nitrogens with two attached hydrogens (primary N) is 1. The van der Waals surface area contributed by atoms with Crippen LogP contribution in [0.5, 0.6) is 0 Å². The first kappa shape index (κ1) is 12.1. The van der Waals surface area contributed by atoms with Crippen molar-refractivity contribution < 1.29 is 0 Å². The van der Waals surface area contributed by atoms with Crippen LogP contribution < -0.4 is 5.73 Å². The van der Waals surface area contributed by atoms with Gasteiger partial charge >= 0.3 is 0 Å². The maximum atomic E-state index is 7.45. The Labute approximate surface area is 111 Å². The summed E-state index contributed by atoms with van der Waals surface area (Å²) in [4.78, 5) is 9.16. The van der Waals surface area contributed by atoms with Gasteiger partial charge < -0.3 is 5.73 Å². The van der Waals surface area contributed by atoms with Crippen LogP contribution in [-0.2, 0) is 0 Å². The molecule has 3 N–H and O–H groups in total. The van der Waals surface area contributed by atoms with E-state index < -0.39 is 0 Å². The summed E-state index contributed by atoms with van der Waals surface area (Å²) in [6.07, 6.45) is 3.35. The van der Waals surface area contributed by atoms with Crippen LogP contribution in [0, 0.1) is 5.41 Å². The van der Waals surface area contributed by atoms with E-state index in [1.807, 2.05) is 24.3 Å². The highest BCUT2D eigenvalue weighted by molar-refractivity contribution is 9.10. The molecule has 0 fully saturated rings. The molecule has 4 nitrogen and oxygen atoms in total. The third-order valence-corrected chi connectivity index (χ3v) is 3.41. The molecule has 0 aliphatic rings. The van der Waals surface area contributed by atoms with Crippen LogP contribution in [0.1, 0.15) is 5.69 Å². The molecule has 0 saturated carbocycles. The minimum absolute atomic E-state index is 0.0368. The average molecular weight is 309 g/mol. The second kappa shape index (κ2) is 5.29. The Hall–Kier alpha value is -1.40. The summed E-state index contributed by atoms with van der Waals surface area (Å²) >= 11 is 4.77. The Balaban J connectivity index is 2.30. The zero-order chi connectivity index (χ0) is 12.3. The normalized spacial score (nSPS) is 10.2. The number of amidine groups is 1. The average Bonchev–Trinajstić information content (AvgIpc) is 2.32. The highest BCUT2D eigenvalue weighted by Crippen LogP contribution is 2.28. The van der Waals surface area contributed by atoms with Gasteiger partial charge in [-0.25, -0.2) is 4.98 Å². The third-order valence-electron chi connectivity index (χ3n) is 1.94. The zero-order valence-electron chi connectivity index (χ0n) is 8.72. The molecule has 0 aromatic carbocycles. The number of aromatic nitrogens is 2. The minimum Gasteiger partial charge on any atom is -0.382 e. The van der Waals surface area contributed by atoms with Crippen LogP contribution in [0.25, 0.3) is 0 Å². The molecule has 6 heteroatoms. The molecule has 2 heterocycles. The van der Waals surface area contributed by atoms with E-state index in [0.717, 1.165) is 14.4 Å². The van der Waals surface area contributed by atoms with Gasteiger partial charge in [0.15, 0.2) is 0 Å². The van der Waals surface area contributed by atoms with Gasteiger partial charge in [0.05, 0.1) is 0 Å². The number of pyridine rings is 2. The smallest absolute Gasteiger partial charge is 0.142 e. The summed E-state index contributed by atoms with van der Waals surface area (Å²) in [5.74, 6) is -0.0368. The Kier molecular flexibility index (Phi) is 3.75. The van der Waals surface area contributed by atoms with Gasteiger partial charge in [0.25, 0.3) is 0 Å². The number of nitrogen functional groups attached to an aromatic ring is 1. The summed E-state index contributed by atoms with van der Waals surface area (Å²) < 4.78 is 0.930. The van der Waals surface area contributed by atoms with Gasteiger partial charge in [0.1, 0.15) is 16.6 Å². The second-order valence-electron chi connectivity index (χ2n) is 3.18. The second-order valence-corrected chi connectivity index (χ2v) is 5.16. The molecule has 86 valence electrons. The monoisotopic (exact) mass is 308 g/mol. The first-order chi connectivity index (χ1) is 8.16. The Morgan fingerprint density at radius 3 is 2.76 bits per heavy atom. The number of hydrogen-bond donors (Lipinski definition) is 2. The van der Waals surface area contributed by atoms with Crippen LogP contribution in [-0.4, -0.2) is 15.8 Å². The minimum atomic E-state index is -0.0368. The first-order valence-corrected chi connectivity index (χ1v) is 6.36. The Bertz CT molecular complexity index is 541. The highest BCUT2D eigenvalue weighted by Gasteiger charge is 2.08. The predicted molar refractivity (Wildman–Crippen MR) is 71.3 cm³/mol. The maximum absolute atomic E-state index is 7.45. The van der Waals surface area contributed by atoms with Gasteiger partial charge in [-0.15, -0.1) is 0 Å². The van der Waals surface area contributed by atoms with Crippen molar-refractivity contribution in [3.63, 3.8) is 0 Å². The van der Waals surface area contributed by atoms with E-state index in [1.165, 1.54) is 11.8 Å². The number of nitrogens with one attached hydrogen (secondary N) is 1. The number of halogens is 1. The topological polar surface area (TPSA) is 75.7 Å². The van der Waals surface area contributed by atoms with Gasteiger partial charge in [-0.1, -0.05) is 11.8 Å². The van der Waals surface area contributed by atoms with Crippen molar-refractivity contribution in [1.29, 1.82) is 5.41 Å². The van der Waals surface area contributed by atoms with Gasteiger partial charge in [0.2, 0.25) is 0 Å². The van der Waals surface area contributed by atoms with Gasteiger partial charge in [-0.2, -0.15) is 0 Å². The zero-order valence-corrected chi connectivity index (χ0v) is 11.1. The molecule has 0 aliphatic heterocycles. The summed E-state index contributed by atoms with van der Waals surface area (Å²) in [6.45, 7) is 0. The van der Waals surface area contributed by atoms with Gasteiger partial charge in [-0.3, -0.25) is 10.4 Å². The van der Waals surface area contributed by atoms with E-state index in [0.29, 0.717) is 5.69 Å². The highest BCUT2D eigenvalue weighted by atomic mass is 79.9. The molecule has 0 unspecified atom stereocenters. The molecule has 0 spiro atoms. The Morgan fingerprint density at radius 2 is 2.12 bits per heavy atom. The van der Waals surface area contributed by atoms with E-state index in [1.54, 1.807) is 12.4 Å². The molecule has 2 aromatic rings. The van der Waals surface area contributed by atoms with Gasteiger partial charge in [-0.05, 0) is 40.2 Å². The summed E-state index contributed by atoms with van der Waals surface area (Å²) in [5, 5.41) is 8.29. The van der Waals surface area contributed by atoms with Crippen molar-refractivity contribution in [3.05, 3.63) is 46.8 Å². The SMILES string of the molecule is N=C(N)c1ncccc1Sc1ccc(Br)cn1. The van der Waals surface area contributed by atoms with Crippen molar-refractivity contribution in [2.75, 3.05) is 0 Å². The molecule has 0 atom stereocenters. The lowest BCUT2D eigenvalue weighted by molar-refractivity contribution is 1.11. The quantitative estimate of drug-likeness (QED) is 0.675. The van der Waals surface area contributed by atoms with Crippen molar-refractivity contribution in [2.45, 2.75) is 9.92 Å². The van der Waals surface area contributed by atoms with Crippen molar-refractivity contribution in [1.82, 2.24) is 9.97 Å². The summed E-state index contributed by atoms with van der Waals surface area (Å²) in [5.41, 5.74) is 5.96. The van der Waals surface area contributed by atoms with E-state index in [9.17, 15) is 0 Å². The third kappa shape index (κ3) is 3.04. The Morgan fingerprint density at radius 1 is 1.29 bits per heavy atom. The van der Waals surface area contributed by atoms with Crippen molar-refractivity contribution >= 4 is 33.5 Å². The molecule has 0 saturated heterocycles. The first-order valence-electron chi connectivity index (χ1n) is 4.75. The van der Waals surface area contributed by atoms with Crippen LogP contribution in [0.4, 0.5) is 0 Å². The number of rotatable bonds is 3. The van der Waals surface area contributed by atoms with Crippen molar-refractivity contribution in [3.8, 4) is 0 Å². The molecule has 0 radical (unpaired) electrons. The van der Waals surface area contributed by atoms with E-state index in [2.05, 4.69) is 25.9 Å². The van der Waals surface area contributed by atoms with Crippen LogP contribution in [0.3, 0.4) is 0 Å². The fourth-order valence-electron chi connectivity index (χ4n) is 1.21. The fraction of sp³-hybridized carbons (Fsp3) is 0. The van der Waals surface area contributed by atoms with Crippen LogP contribution >= 0.6 is 27.7 Å². The van der Waals surface area contributed by atoms with E-state index in [4.69, 9.17) is 11.1 Å². The van der Waals surface area contributed by atoms with Crippen LogP contribution in [0.2, 0.25) is 0 Å². The predicted octanol–water partition coefficient (Wildman–Crippen LogP) is 2.67. The number of nitrogens with zero attached hydrogens (tertiary/aromatic N) is 2. The number of hydrogen-bond acceptors (Lipinski definition) is 4. The molecular formula is C11H9BrN4S. The lowest BCUT2D eigenvalue weighted by Gasteiger charge is -2.05. The molecule has 0 aliphatic carbocycles.